The first kappa shape index (κ1) is 39.0. The van der Waals surface area contributed by atoms with Gasteiger partial charge >= 0.3 is 0 Å². The first-order chi connectivity index (χ1) is 20.3. The van der Waals surface area contributed by atoms with Crippen LogP contribution in [0.1, 0.15) is 0 Å². The Morgan fingerprint density at radius 1 is 0.568 bits per heavy atom. The highest BCUT2D eigenvalue weighted by Crippen LogP contribution is 2.47. The molecule has 0 radical (unpaired) electrons. The summed E-state index contributed by atoms with van der Waals surface area (Å²) in [5.74, 6) is -12.9. The van der Waals surface area contributed by atoms with Crippen LogP contribution in [0.2, 0.25) is 25.1 Å². The molecule has 4 aromatic rings. The van der Waals surface area contributed by atoms with Crippen LogP contribution >= 0.6 is 58.0 Å². The summed E-state index contributed by atoms with van der Waals surface area (Å²) in [6, 6.07) is 12.4. The van der Waals surface area contributed by atoms with Gasteiger partial charge in [0.15, 0.2) is 16.4 Å². The van der Waals surface area contributed by atoms with Gasteiger partial charge in [-0.05, 0) is 36.4 Å². The van der Waals surface area contributed by atoms with E-state index in [1.54, 1.807) is 12.1 Å². The Balaban J connectivity index is 0.000000294. The third-order valence-electron chi connectivity index (χ3n) is 4.74. The highest BCUT2D eigenvalue weighted by atomic mass is 35.5. The standard InChI is InChI=1S/C8H10OS.C6HCl5O.C6HF5O.C6H5NO3/c1-10(2)8-5-3-7(9)4-6-8;2*7-1-2(8)4(10)6(12)5(11)3(1)9;8-6-3-1-5(2-4-6)7(9)10/h3-6H,1-2H3;2*12H;1-4,8H/p+1. The van der Waals surface area contributed by atoms with Crippen LogP contribution in [-0.4, -0.2) is 37.9 Å². The quantitative estimate of drug-likeness (QED) is 0.0405. The Kier molecular flexibility index (Phi) is 15.4. The summed E-state index contributed by atoms with van der Waals surface area (Å²) in [4.78, 5) is 10.8. The molecule has 0 saturated carbocycles. The van der Waals surface area contributed by atoms with E-state index in [9.17, 15) is 37.2 Å². The summed E-state index contributed by atoms with van der Waals surface area (Å²) in [7, 11) is 0.302. The molecule has 0 aromatic heterocycles. The van der Waals surface area contributed by atoms with Crippen LogP contribution in [0.4, 0.5) is 27.6 Å². The zero-order valence-corrected chi connectivity index (χ0v) is 26.5. The molecule has 238 valence electrons. The molecule has 4 N–H and O–H groups in total. The summed E-state index contributed by atoms with van der Waals surface area (Å²) in [6.07, 6.45) is 4.32. The van der Waals surface area contributed by atoms with Gasteiger partial charge < -0.3 is 20.4 Å². The molecule has 0 amide bonds. The molecule has 4 rings (SSSR count). The lowest BCUT2D eigenvalue weighted by Gasteiger charge is -2.06. The van der Waals surface area contributed by atoms with Crippen LogP contribution in [-0.2, 0) is 10.9 Å². The van der Waals surface area contributed by atoms with E-state index in [1.807, 2.05) is 12.1 Å². The number of nitrogens with zero attached hydrogens (tertiary/aromatic N) is 1. The largest absolute Gasteiger partial charge is 0.508 e. The maximum atomic E-state index is 12.2. The van der Waals surface area contributed by atoms with Gasteiger partial charge in [0.05, 0.1) is 20.0 Å². The van der Waals surface area contributed by atoms with Crippen molar-refractivity contribution in [2.45, 2.75) is 4.90 Å². The van der Waals surface area contributed by atoms with Crippen molar-refractivity contribution in [1.82, 2.24) is 0 Å². The van der Waals surface area contributed by atoms with E-state index >= 15 is 0 Å². The molecule has 0 atom stereocenters. The molecule has 4 aromatic carbocycles. The first-order valence-corrected chi connectivity index (χ1v) is 15.0. The monoisotopic (exact) mass is 742 g/mol. The van der Waals surface area contributed by atoms with E-state index in [-0.39, 0.29) is 42.3 Å². The fraction of sp³-hybridized carbons (Fsp3) is 0.0769. The molecule has 0 unspecified atom stereocenters. The van der Waals surface area contributed by atoms with Crippen molar-refractivity contribution in [3.05, 3.63) is 113 Å². The van der Waals surface area contributed by atoms with E-state index in [0.717, 1.165) is 0 Å². The lowest BCUT2D eigenvalue weighted by atomic mass is 10.3. The fourth-order valence-corrected chi connectivity index (χ4v) is 4.29. The molecule has 18 heteroatoms. The van der Waals surface area contributed by atoms with E-state index in [0.29, 0.717) is 16.6 Å². The van der Waals surface area contributed by atoms with Crippen LogP contribution < -0.4 is 0 Å². The minimum Gasteiger partial charge on any atom is -0.508 e. The fourth-order valence-electron chi connectivity index (χ4n) is 2.48. The topological polar surface area (TPSA) is 124 Å². The van der Waals surface area contributed by atoms with Crippen LogP contribution in [0.25, 0.3) is 0 Å². The van der Waals surface area contributed by atoms with Crippen LogP contribution in [0, 0.1) is 39.2 Å². The molecule has 0 aliphatic carbocycles. The van der Waals surface area contributed by atoms with Gasteiger partial charge in [-0.25, -0.2) is 13.2 Å². The van der Waals surface area contributed by atoms with E-state index in [2.05, 4.69) is 12.5 Å². The van der Waals surface area contributed by atoms with Gasteiger partial charge in [0.1, 0.15) is 34.1 Å². The van der Waals surface area contributed by atoms with Gasteiger partial charge in [-0.15, -0.1) is 0 Å². The number of non-ortho nitro benzene ring substituents is 1. The molecular weight excluding hydrogens is 727 g/mol. The van der Waals surface area contributed by atoms with Gasteiger partial charge in [-0.1, -0.05) is 58.0 Å². The third kappa shape index (κ3) is 10.5. The van der Waals surface area contributed by atoms with Gasteiger partial charge in [-0.2, -0.15) is 8.78 Å². The van der Waals surface area contributed by atoms with Crippen molar-refractivity contribution in [2.24, 2.45) is 0 Å². The van der Waals surface area contributed by atoms with Crippen molar-refractivity contribution < 1.29 is 47.3 Å². The highest BCUT2D eigenvalue weighted by Gasteiger charge is 2.25. The maximum Gasteiger partial charge on any atom is 0.269 e. The molecular formula is C26H18Cl5F5NO6S+. The van der Waals surface area contributed by atoms with Gasteiger partial charge in [0.2, 0.25) is 29.1 Å². The number of nitro groups is 1. The number of halogens is 10. The number of hydrogen-bond acceptors (Lipinski definition) is 6. The number of phenolic OH excluding ortho intramolecular Hbond substituents is 4. The van der Waals surface area contributed by atoms with Crippen LogP contribution in [0.3, 0.4) is 0 Å². The maximum absolute atomic E-state index is 12.2. The summed E-state index contributed by atoms with van der Waals surface area (Å²) in [5, 5.41) is 45.0. The lowest BCUT2D eigenvalue weighted by Crippen LogP contribution is -2.00. The minimum atomic E-state index is -2.29. The van der Waals surface area contributed by atoms with Crippen LogP contribution in [0.15, 0.2) is 53.4 Å². The summed E-state index contributed by atoms with van der Waals surface area (Å²) in [6.45, 7) is 0. The predicted molar refractivity (Wildman–Crippen MR) is 161 cm³/mol. The van der Waals surface area contributed by atoms with Crippen molar-refractivity contribution in [2.75, 3.05) is 12.5 Å². The predicted octanol–water partition coefficient (Wildman–Crippen LogP) is 9.68. The van der Waals surface area contributed by atoms with E-state index in [1.165, 1.54) is 29.2 Å². The zero-order valence-electron chi connectivity index (χ0n) is 21.9. The molecule has 0 spiro atoms. The third-order valence-corrected chi connectivity index (χ3v) is 8.21. The Labute approximate surface area is 274 Å². The molecule has 0 bridgehead atoms. The average molecular weight is 745 g/mol. The second-order valence-electron chi connectivity index (χ2n) is 7.92. The second kappa shape index (κ2) is 17.4. The normalized spacial score (nSPS) is 10.1. The Morgan fingerprint density at radius 3 is 1.23 bits per heavy atom. The number of rotatable bonds is 2. The van der Waals surface area contributed by atoms with Gasteiger partial charge in [-0.3, -0.25) is 10.1 Å². The Bertz CT molecular complexity index is 1340. The molecule has 44 heavy (non-hydrogen) atoms. The second-order valence-corrected chi connectivity index (χ2v) is 11.9. The highest BCUT2D eigenvalue weighted by molar-refractivity contribution is 7.95. The van der Waals surface area contributed by atoms with Gasteiger partial charge in [0, 0.05) is 23.0 Å². The number of phenols is 4. The van der Waals surface area contributed by atoms with Gasteiger partial charge in [0.25, 0.3) is 5.69 Å². The first-order valence-electron chi connectivity index (χ1n) is 11.0. The molecule has 0 saturated heterocycles. The number of benzene rings is 4. The minimum absolute atomic E-state index is 0.00904. The summed E-state index contributed by atoms with van der Waals surface area (Å²) >= 11 is 27.9. The smallest absolute Gasteiger partial charge is 0.269 e. The Morgan fingerprint density at radius 2 is 0.886 bits per heavy atom. The number of hydrogen-bond donors (Lipinski definition) is 4. The Hall–Kier alpha value is -3.07. The van der Waals surface area contributed by atoms with Crippen molar-refractivity contribution >= 4 is 74.6 Å². The molecule has 7 nitrogen and oxygen atoms in total. The van der Waals surface area contributed by atoms with Crippen molar-refractivity contribution in [1.29, 1.82) is 0 Å². The number of aromatic hydroxyl groups is 4. The van der Waals surface area contributed by atoms with Crippen molar-refractivity contribution in [3.63, 3.8) is 0 Å². The molecule has 0 aliphatic heterocycles. The summed E-state index contributed by atoms with van der Waals surface area (Å²) in [5.41, 5.74) is -0.0159. The van der Waals surface area contributed by atoms with E-state index in [4.69, 9.17) is 73.3 Å². The molecule has 0 fully saturated rings. The van der Waals surface area contributed by atoms with E-state index < -0.39 is 39.8 Å². The molecule has 0 aliphatic rings. The van der Waals surface area contributed by atoms with Crippen molar-refractivity contribution in [3.8, 4) is 23.0 Å². The zero-order chi connectivity index (χ0) is 34.0. The summed E-state index contributed by atoms with van der Waals surface area (Å²) < 4.78 is 60.6. The lowest BCUT2D eigenvalue weighted by molar-refractivity contribution is -0.384. The van der Waals surface area contributed by atoms with Crippen LogP contribution in [0.5, 0.6) is 23.0 Å². The number of nitro benzene ring substituents is 1. The molecule has 0 heterocycles. The average Bonchev–Trinajstić information content (AvgIpc) is 3.00. The SMILES string of the molecule is C[S+](C)c1ccc(O)cc1.O=[N+]([O-])c1ccc(O)cc1.Oc1c(Cl)c(Cl)c(Cl)c(Cl)c1Cl.Oc1c(F)c(F)c(F)c(F)c1F.